The van der Waals surface area contributed by atoms with Gasteiger partial charge in [-0.25, -0.2) is 10.8 Å². The van der Waals surface area contributed by atoms with Crippen molar-refractivity contribution in [2.24, 2.45) is 5.84 Å². The number of hydrogen-bond donors (Lipinski definition) is 3. The quantitative estimate of drug-likeness (QED) is 0.591. The van der Waals surface area contributed by atoms with Crippen LogP contribution >= 0.6 is 0 Å². The molecule has 4 N–H and O–H groups in total. The molecule has 1 heterocycles. The maximum absolute atomic E-state index is 12.2. The number of hydrazine groups is 1. The molecule has 6 heteroatoms. The molecule has 1 amide bonds. The summed E-state index contributed by atoms with van der Waals surface area (Å²) in [4.78, 5) is 18.4. The van der Waals surface area contributed by atoms with Gasteiger partial charge in [0.2, 0.25) is 0 Å². The molecule has 21 heavy (non-hydrogen) atoms. The smallest absolute Gasteiger partial charge is 0.255 e. The van der Waals surface area contributed by atoms with Gasteiger partial charge >= 0.3 is 0 Å². The first-order valence-corrected chi connectivity index (χ1v) is 6.53. The lowest BCUT2D eigenvalue weighted by Gasteiger charge is -2.13. The number of amides is 1. The average Bonchev–Trinajstić information content (AvgIpc) is 2.47. The minimum atomic E-state index is -0.199. The Bertz CT molecular complexity index is 637. The third-order valence-corrected chi connectivity index (χ3v) is 3.01. The summed E-state index contributed by atoms with van der Waals surface area (Å²) in [6.07, 6.45) is 0. The SMILES string of the molecule is Cc1cc(C(=O)Nc2ccc(N(C)C)cc2)cc(NN)n1. The minimum absolute atomic E-state index is 0.199. The molecule has 0 fully saturated rings. The first-order valence-electron chi connectivity index (χ1n) is 6.53. The zero-order chi connectivity index (χ0) is 15.4. The first-order chi connectivity index (χ1) is 9.99. The lowest BCUT2D eigenvalue weighted by molar-refractivity contribution is 0.102. The maximum Gasteiger partial charge on any atom is 0.255 e. The predicted octanol–water partition coefficient (Wildman–Crippen LogP) is 1.99. The molecule has 6 nitrogen and oxygen atoms in total. The number of benzene rings is 1. The van der Waals surface area contributed by atoms with Crippen LogP contribution in [-0.4, -0.2) is 25.0 Å². The fourth-order valence-electron chi connectivity index (χ4n) is 1.92. The molecule has 0 saturated carbocycles. The molecular weight excluding hydrogens is 266 g/mol. The van der Waals surface area contributed by atoms with E-state index < -0.39 is 0 Å². The van der Waals surface area contributed by atoms with E-state index in [2.05, 4.69) is 15.7 Å². The van der Waals surface area contributed by atoms with Crippen molar-refractivity contribution < 1.29 is 4.79 Å². The van der Waals surface area contributed by atoms with Crippen LogP contribution in [0.25, 0.3) is 0 Å². The van der Waals surface area contributed by atoms with E-state index >= 15 is 0 Å². The Morgan fingerprint density at radius 1 is 1.19 bits per heavy atom. The molecule has 110 valence electrons. The number of nitrogen functional groups attached to an aromatic ring is 1. The van der Waals surface area contributed by atoms with Crippen molar-refractivity contribution in [3.05, 3.63) is 47.7 Å². The number of nitrogens with one attached hydrogen (secondary N) is 2. The summed E-state index contributed by atoms with van der Waals surface area (Å²) >= 11 is 0. The molecule has 0 spiro atoms. The van der Waals surface area contributed by atoms with Gasteiger partial charge in [-0.2, -0.15) is 0 Å². The molecule has 2 rings (SSSR count). The molecular formula is C15H19N5O. The van der Waals surface area contributed by atoms with Gasteiger partial charge < -0.3 is 15.6 Å². The summed E-state index contributed by atoms with van der Waals surface area (Å²) in [6.45, 7) is 1.81. The molecule has 0 bridgehead atoms. The number of rotatable bonds is 4. The minimum Gasteiger partial charge on any atom is -0.378 e. The van der Waals surface area contributed by atoms with Gasteiger partial charge in [-0.3, -0.25) is 4.79 Å². The Labute approximate surface area is 123 Å². The Hall–Kier alpha value is -2.60. The van der Waals surface area contributed by atoms with Crippen molar-refractivity contribution in [2.75, 3.05) is 29.7 Å². The highest BCUT2D eigenvalue weighted by Gasteiger charge is 2.09. The van der Waals surface area contributed by atoms with E-state index in [0.29, 0.717) is 11.4 Å². The van der Waals surface area contributed by atoms with Crippen LogP contribution in [0.5, 0.6) is 0 Å². The van der Waals surface area contributed by atoms with Crippen molar-refractivity contribution in [3.8, 4) is 0 Å². The summed E-state index contributed by atoms with van der Waals surface area (Å²) in [5.74, 6) is 5.60. The number of aryl methyl sites for hydroxylation is 1. The van der Waals surface area contributed by atoms with E-state index in [-0.39, 0.29) is 5.91 Å². The molecule has 0 atom stereocenters. The second-order valence-corrected chi connectivity index (χ2v) is 4.92. The van der Waals surface area contributed by atoms with Crippen LogP contribution in [0.2, 0.25) is 0 Å². The van der Waals surface area contributed by atoms with Gasteiger partial charge in [0.05, 0.1) is 0 Å². The Morgan fingerprint density at radius 3 is 2.43 bits per heavy atom. The second-order valence-electron chi connectivity index (χ2n) is 4.92. The molecule has 1 aromatic heterocycles. The number of nitrogens with two attached hydrogens (primary N) is 1. The van der Waals surface area contributed by atoms with E-state index in [1.807, 2.05) is 50.2 Å². The molecule has 0 aliphatic rings. The zero-order valence-electron chi connectivity index (χ0n) is 12.3. The highest BCUT2D eigenvalue weighted by atomic mass is 16.1. The van der Waals surface area contributed by atoms with Crippen LogP contribution in [0.15, 0.2) is 36.4 Å². The predicted molar refractivity (Wildman–Crippen MR) is 85.5 cm³/mol. The topological polar surface area (TPSA) is 83.3 Å². The van der Waals surface area contributed by atoms with E-state index in [9.17, 15) is 4.79 Å². The normalized spacial score (nSPS) is 10.1. The molecule has 0 unspecified atom stereocenters. The number of anilines is 3. The van der Waals surface area contributed by atoms with Crippen LogP contribution in [0.4, 0.5) is 17.2 Å². The summed E-state index contributed by atoms with van der Waals surface area (Å²) in [6, 6.07) is 10.9. The van der Waals surface area contributed by atoms with E-state index in [1.54, 1.807) is 12.1 Å². The molecule has 0 aliphatic heterocycles. The molecule has 0 aliphatic carbocycles. The van der Waals surface area contributed by atoms with Gasteiger partial charge in [0.15, 0.2) is 0 Å². The van der Waals surface area contributed by atoms with Gasteiger partial charge in [0.25, 0.3) is 5.91 Å². The van der Waals surface area contributed by atoms with Crippen LogP contribution in [-0.2, 0) is 0 Å². The number of carbonyl (C=O) groups excluding carboxylic acids is 1. The fraction of sp³-hybridized carbons (Fsp3) is 0.200. The van der Waals surface area contributed by atoms with Crippen LogP contribution in [0.3, 0.4) is 0 Å². The third kappa shape index (κ3) is 3.70. The average molecular weight is 285 g/mol. The fourth-order valence-corrected chi connectivity index (χ4v) is 1.92. The third-order valence-electron chi connectivity index (χ3n) is 3.01. The standard InChI is InChI=1S/C15H19N5O/c1-10-8-11(9-14(17-10)19-16)15(21)18-12-4-6-13(7-5-12)20(2)3/h4-9H,16H2,1-3H3,(H,17,19)(H,18,21). The number of nitrogens with zero attached hydrogens (tertiary/aromatic N) is 2. The van der Waals surface area contributed by atoms with Gasteiger partial charge in [-0.15, -0.1) is 0 Å². The van der Waals surface area contributed by atoms with Crippen LogP contribution in [0.1, 0.15) is 16.1 Å². The van der Waals surface area contributed by atoms with Crippen molar-refractivity contribution in [3.63, 3.8) is 0 Å². The van der Waals surface area contributed by atoms with Crippen molar-refractivity contribution in [2.45, 2.75) is 6.92 Å². The Balaban J connectivity index is 2.15. The summed E-state index contributed by atoms with van der Waals surface area (Å²) in [5, 5.41) is 2.85. The van der Waals surface area contributed by atoms with Crippen molar-refractivity contribution in [1.82, 2.24) is 4.98 Å². The first kappa shape index (κ1) is 14.8. The summed E-state index contributed by atoms with van der Waals surface area (Å²) in [5.41, 5.74) is 5.49. The van der Waals surface area contributed by atoms with E-state index in [1.165, 1.54) is 0 Å². The van der Waals surface area contributed by atoms with Gasteiger partial charge in [0, 0.05) is 36.7 Å². The van der Waals surface area contributed by atoms with Gasteiger partial charge in [-0.1, -0.05) is 0 Å². The largest absolute Gasteiger partial charge is 0.378 e. The van der Waals surface area contributed by atoms with E-state index in [0.717, 1.165) is 17.1 Å². The number of aromatic nitrogens is 1. The van der Waals surface area contributed by atoms with Gasteiger partial charge in [-0.05, 0) is 43.3 Å². The van der Waals surface area contributed by atoms with Gasteiger partial charge in [0.1, 0.15) is 5.82 Å². The summed E-state index contributed by atoms with van der Waals surface area (Å²) < 4.78 is 0. The molecule has 2 aromatic rings. The highest BCUT2D eigenvalue weighted by molar-refractivity contribution is 6.04. The number of hydrogen-bond acceptors (Lipinski definition) is 5. The second kappa shape index (κ2) is 6.23. The van der Waals surface area contributed by atoms with Crippen molar-refractivity contribution in [1.29, 1.82) is 0 Å². The number of carbonyl (C=O) groups is 1. The van der Waals surface area contributed by atoms with E-state index in [4.69, 9.17) is 5.84 Å². The summed E-state index contributed by atoms with van der Waals surface area (Å²) in [7, 11) is 3.93. The van der Waals surface area contributed by atoms with Crippen LogP contribution in [0, 0.1) is 6.92 Å². The maximum atomic E-state index is 12.2. The Morgan fingerprint density at radius 2 is 1.86 bits per heavy atom. The molecule has 0 saturated heterocycles. The van der Waals surface area contributed by atoms with Crippen LogP contribution < -0.4 is 21.5 Å². The molecule has 1 aromatic carbocycles. The number of pyridine rings is 1. The lowest BCUT2D eigenvalue weighted by Crippen LogP contribution is -2.15. The zero-order valence-corrected chi connectivity index (χ0v) is 12.3. The molecule has 0 radical (unpaired) electrons. The lowest BCUT2D eigenvalue weighted by atomic mass is 10.2. The van der Waals surface area contributed by atoms with Crippen molar-refractivity contribution >= 4 is 23.1 Å². The Kier molecular flexibility index (Phi) is 4.39. The monoisotopic (exact) mass is 285 g/mol. The highest BCUT2D eigenvalue weighted by Crippen LogP contribution is 2.17.